The molecule has 1 aromatic rings. The van der Waals surface area contributed by atoms with Crippen molar-refractivity contribution in [2.75, 3.05) is 13.2 Å². The molecule has 1 aromatic heterocycles. The first kappa shape index (κ1) is 12.0. The molecule has 1 aliphatic rings. The normalized spacial score (nSPS) is 22.0. The number of ether oxygens (including phenoxy) is 1. The van der Waals surface area contributed by atoms with Crippen molar-refractivity contribution in [3.63, 3.8) is 0 Å². The van der Waals surface area contributed by atoms with Crippen LogP contribution >= 0.6 is 0 Å². The second-order valence-corrected chi connectivity index (χ2v) is 4.18. The maximum Gasteiger partial charge on any atom is 0.229 e. The molecule has 1 fully saturated rings. The van der Waals surface area contributed by atoms with Crippen LogP contribution in [0.25, 0.3) is 0 Å². The number of aliphatic hydroxyl groups excluding tert-OH is 1. The molecule has 0 aliphatic carbocycles. The number of aromatic nitrogens is 2. The van der Waals surface area contributed by atoms with Crippen molar-refractivity contribution in [2.24, 2.45) is 0 Å². The molecule has 17 heavy (non-hydrogen) atoms. The third-order valence-electron chi connectivity index (χ3n) is 2.75. The molecular formula is C11H15N3O3. The molecule has 2 unspecified atom stereocenters. The van der Waals surface area contributed by atoms with Crippen molar-refractivity contribution in [3.05, 3.63) is 11.7 Å². The molecule has 0 amide bonds. The van der Waals surface area contributed by atoms with Crippen LogP contribution in [0.1, 0.15) is 36.9 Å². The summed E-state index contributed by atoms with van der Waals surface area (Å²) in [4.78, 5) is 4.23. The summed E-state index contributed by atoms with van der Waals surface area (Å²) in [6.07, 6.45) is 1.57. The molecule has 1 N–H and O–H groups in total. The quantitative estimate of drug-likeness (QED) is 0.831. The minimum absolute atomic E-state index is 0.0737. The molecule has 0 bridgehead atoms. The van der Waals surface area contributed by atoms with E-state index in [9.17, 15) is 5.11 Å². The minimum Gasteiger partial charge on any atom is -0.392 e. The zero-order valence-electron chi connectivity index (χ0n) is 9.50. The fraction of sp³-hybridized carbons (Fsp3) is 0.727. The third-order valence-corrected chi connectivity index (χ3v) is 2.75. The van der Waals surface area contributed by atoms with Crippen molar-refractivity contribution in [1.82, 2.24) is 10.1 Å². The van der Waals surface area contributed by atoms with Crippen molar-refractivity contribution < 1.29 is 14.4 Å². The van der Waals surface area contributed by atoms with Crippen LogP contribution in [-0.2, 0) is 11.2 Å². The molecule has 1 aliphatic heterocycles. The van der Waals surface area contributed by atoms with E-state index in [0.29, 0.717) is 18.3 Å². The first-order valence-electron chi connectivity index (χ1n) is 5.75. The van der Waals surface area contributed by atoms with Crippen molar-refractivity contribution >= 4 is 0 Å². The van der Waals surface area contributed by atoms with Crippen LogP contribution in [0.2, 0.25) is 0 Å². The molecule has 2 heterocycles. The number of aliphatic hydroxyl groups is 1. The summed E-state index contributed by atoms with van der Waals surface area (Å²) < 4.78 is 10.4. The van der Waals surface area contributed by atoms with Crippen LogP contribution in [0.5, 0.6) is 0 Å². The van der Waals surface area contributed by atoms with E-state index >= 15 is 0 Å². The van der Waals surface area contributed by atoms with E-state index in [1.54, 1.807) is 0 Å². The number of hydrogen-bond donors (Lipinski definition) is 1. The Morgan fingerprint density at radius 3 is 3.18 bits per heavy atom. The standard InChI is InChI=1S/C11H15N3O3/c12-4-3-9(15)6-10-13-11(14-17-10)8-2-1-5-16-7-8/h8-9,15H,1-3,5-7H2. The van der Waals surface area contributed by atoms with E-state index in [0.717, 1.165) is 19.4 Å². The van der Waals surface area contributed by atoms with Gasteiger partial charge in [0.25, 0.3) is 0 Å². The lowest BCUT2D eigenvalue weighted by atomic mass is 10.0. The fourth-order valence-corrected chi connectivity index (χ4v) is 1.84. The van der Waals surface area contributed by atoms with Gasteiger partial charge in [0.05, 0.1) is 31.6 Å². The van der Waals surface area contributed by atoms with Gasteiger partial charge in [-0.2, -0.15) is 10.2 Å². The predicted molar refractivity (Wildman–Crippen MR) is 57.0 cm³/mol. The van der Waals surface area contributed by atoms with Gasteiger partial charge in [0.15, 0.2) is 5.82 Å². The van der Waals surface area contributed by atoms with E-state index in [1.165, 1.54) is 0 Å². The Labute approximate surface area is 99.2 Å². The van der Waals surface area contributed by atoms with Gasteiger partial charge in [0, 0.05) is 12.5 Å². The molecule has 2 atom stereocenters. The minimum atomic E-state index is -0.740. The second kappa shape index (κ2) is 5.75. The average molecular weight is 237 g/mol. The predicted octanol–water partition coefficient (Wildman–Crippen LogP) is 0.781. The largest absolute Gasteiger partial charge is 0.392 e. The van der Waals surface area contributed by atoms with Gasteiger partial charge < -0.3 is 14.4 Å². The average Bonchev–Trinajstić information content (AvgIpc) is 2.79. The van der Waals surface area contributed by atoms with Crippen LogP contribution in [0.15, 0.2) is 4.52 Å². The molecule has 0 radical (unpaired) electrons. The molecule has 6 heteroatoms. The molecule has 92 valence electrons. The molecular weight excluding hydrogens is 222 g/mol. The van der Waals surface area contributed by atoms with Gasteiger partial charge in [-0.3, -0.25) is 0 Å². The highest BCUT2D eigenvalue weighted by Crippen LogP contribution is 2.23. The van der Waals surface area contributed by atoms with E-state index in [-0.39, 0.29) is 18.8 Å². The number of rotatable bonds is 4. The van der Waals surface area contributed by atoms with E-state index in [1.807, 2.05) is 6.07 Å². The molecule has 0 saturated carbocycles. The maximum atomic E-state index is 9.45. The Kier molecular flexibility index (Phi) is 4.07. The molecule has 1 saturated heterocycles. The number of nitrogens with zero attached hydrogens (tertiary/aromatic N) is 3. The van der Waals surface area contributed by atoms with Crippen molar-refractivity contribution in [1.29, 1.82) is 5.26 Å². The molecule has 0 aromatic carbocycles. The lowest BCUT2D eigenvalue weighted by Crippen LogP contribution is -2.16. The lowest BCUT2D eigenvalue weighted by molar-refractivity contribution is 0.0773. The summed E-state index contributed by atoms with van der Waals surface area (Å²) in [6, 6.07) is 1.90. The van der Waals surface area contributed by atoms with E-state index in [2.05, 4.69) is 10.1 Å². The maximum absolute atomic E-state index is 9.45. The second-order valence-electron chi connectivity index (χ2n) is 4.18. The van der Waals surface area contributed by atoms with Crippen LogP contribution in [-0.4, -0.2) is 34.6 Å². The van der Waals surface area contributed by atoms with Gasteiger partial charge >= 0.3 is 0 Å². The van der Waals surface area contributed by atoms with Gasteiger partial charge in [0.1, 0.15) is 0 Å². The highest BCUT2D eigenvalue weighted by molar-refractivity contribution is 4.97. The third kappa shape index (κ3) is 3.25. The molecule has 2 rings (SSSR count). The van der Waals surface area contributed by atoms with Gasteiger partial charge in [-0.25, -0.2) is 0 Å². The van der Waals surface area contributed by atoms with E-state index < -0.39 is 6.10 Å². The highest BCUT2D eigenvalue weighted by atomic mass is 16.5. The number of nitriles is 1. The van der Waals surface area contributed by atoms with Crippen LogP contribution < -0.4 is 0 Å². The van der Waals surface area contributed by atoms with Crippen molar-refractivity contribution in [3.8, 4) is 6.07 Å². The Bertz CT molecular complexity index is 393. The summed E-state index contributed by atoms with van der Waals surface area (Å²) in [5.74, 6) is 1.21. The van der Waals surface area contributed by atoms with Crippen molar-refractivity contribution in [2.45, 2.75) is 37.7 Å². The molecule has 0 spiro atoms. The SMILES string of the molecule is N#CCC(O)Cc1nc(C2CCCOC2)no1. The van der Waals surface area contributed by atoms with E-state index in [4.69, 9.17) is 14.5 Å². The van der Waals surface area contributed by atoms with Crippen LogP contribution in [0.4, 0.5) is 0 Å². The summed E-state index contributed by atoms with van der Waals surface area (Å²) in [6.45, 7) is 1.42. The first-order chi connectivity index (χ1) is 8.29. The smallest absolute Gasteiger partial charge is 0.229 e. The zero-order valence-corrected chi connectivity index (χ0v) is 9.50. The Morgan fingerprint density at radius 1 is 1.59 bits per heavy atom. The fourth-order valence-electron chi connectivity index (χ4n) is 1.84. The summed E-state index contributed by atoms with van der Waals surface area (Å²) in [5.41, 5.74) is 0. The first-order valence-corrected chi connectivity index (χ1v) is 5.75. The summed E-state index contributed by atoms with van der Waals surface area (Å²) >= 11 is 0. The van der Waals surface area contributed by atoms with Gasteiger partial charge in [0.2, 0.25) is 5.89 Å². The lowest BCUT2D eigenvalue weighted by Gasteiger charge is -2.18. The highest BCUT2D eigenvalue weighted by Gasteiger charge is 2.22. The van der Waals surface area contributed by atoms with Gasteiger partial charge in [-0.1, -0.05) is 5.16 Å². The number of hydrogen-bond acceptors (Lipinski definition) is 6. The van der Waals surface area contributed by atoms with Crippen LogP contribution in [0.3, 0.4) is 0 Å². The Morgan fingerprint density at radius 2 is 2.47 bits per heavy atom. The summed E-state index contributed by atoms with van der Waals surface area (Å²) in [7, 11) is 0. The molecule has 6 nitrogen and oxygen atoms in total. The van der Waals surface area contributed by atoms with Gasteiger partial charge in [-0.15, -0.1) is 0 Å². The van der Waals surface area contributed by atoms with Gasteiger partial charge in [-0.05, 0) is 12.8 Å². The zero-order chi connectivity index (χ0) is 12.1. The summed E-state index contributed by atoms with van der Waals surface area (Å²) in [5, 5.41) is 21.8. The Hall–Kier alpha value is -1.45. The monoisotopic (exact) mass is 237 g/mol. The topological polar surface area (TPSA) is 92.2 Å². The Balaban J connectivity index is 1.93. The van der Waals surface area contributed by atoms with Crippen LogP contribution in [0, 0.1) is 11.3 Å².